The number of carbonyl (C=O) groups is 3. The third-order valence-electron chi connectivity index (χ3n) is 5.40. The zero-order valence-electron chi connectivity index (χ0n) is 19.5. The average molecular weight is 661 g/mol. The van der Waals surface area contributed by atoms with Crippen LogP contribution in [-0.2, 0) is 16.2 Å². The van der Waals surface area contributed by atoms with Crippen LogP contribution >= 0.6 is 38.5 Å². The van der Waals surface area contributed by atoms with Crippen molar-refractivity contribution in [3.05, 3.63) is 91.0 Å². The van der Waals surface area contributed by atoms with Gasteiger partial charge < -0.3 is 9.47 Å². The molecule has 1 aliphatic rings. The van der Waals surface area contributed by atoms with Crippen molar-refractivity contribution in [3.8, 4) is 11.5 Å². The summed E-state index contributed by atoms with van der Waals surface area (Å²) in [6.45, 7) is 4.37. The third-order valence-corrected chi connectivity index (χ3v) is 6.71. The van der Waals surface area contributed by atoms with Crippen LogP contribution < -0.4 is 19.7 Å². The summed E-state index contributed by atoms with van der Waals surface area (Å²) in [7, 11) is 0. The molecular formula is C27H22BrIN2O5. The minimum atomic E-state index is -0.785. The number of amides is 4. The number of urea groups is 1. The Bertz CT molecular complexity index is 1370. The summed E-state index contributed by atoms with van der Waals surface area (Å²) in [5.41, 5.74) is 2.50. The van der Waals surface area contributed by atoms with Crippen LogP contribution in [0.4, 0.5) is 10.5 Å². The van der Waals surface area contributed by atoms with Gasteiger partial charge >= 0.3 is 6.03 Å². The molecule has 1 saturated heterocycles. The van der Waals surface area contributed by atoms with Crippen molar-refractivity contribution >= 4 is 68.1 Å². The molecule has 0 radical (unpaired) electrons. The van der Waals surface area contributed by atoms with Gasteiger partial charge in [0.05, 0.1) is 16.8 Å². The van der Waals surface area contributed by atoms with Crippen molar-refractivity contribution < 1.29 is 23.9 Å². The number of hydrogen-bond donors (Lipinski definition) is 1. The molecule has 0 bridgehead atoms. The van der Waals surface area contributed by atoms with Crippen molar-refractivity contribution in [2.45, 2.75) is 20.5 Å². The number of nitrogens with one attached hydrogen (secondary N) is 1. The Labute approximate surface area is 230 Å². The zero-order chi connectivity index (χ0) is 25.8. The summed E-state index contributed by atoms with van der Waals surface area (Å²) in [6.07, 6.45) is 1.44. The maximum absolute atomic E-state index is 13.3. The number of hydrogen-bond acceptors (Lipinski definition) is 5. The van der Waals surface area contributed by atoms with Crippen LogP contribution in [0.2, 0.25) is 0 Å². The summed E-state index contributed by atoms with van der Waals surface area (Å²) in [6, 6.07) is 17.6. The fourth-order valence-electron chi connectivity index (χ4n) is 3.67. The van der Waals surface area contributed by atoms with E-state index in [1.807, 2.05) is 37.3 Å². The number of aryl methyl sites for hydroxylation is 1. The van der Waals surface area contributed by atoms with Gasteiger partial charge in [0.25, 0.3) is 11.8 Å². The van der Waals surface area contributed by atoms with E-state index in [-0.39, 0.29) is 5.57 Å². The highest BCUT2D eigenvalue weighted by Crippen LogP contribution is 2.38. The van der Waals surface area contributed by atoms with Crippen molar-refractivity contribution in [1.82, 2.24) is 5.32 Å². The van der Waals surface area contributed by atoms with Gasteiger partial charge in [-0.3, -0.25) is 14.9 Å². The van der Waals surface area contributed by atoms with Crippen LogP contribution in [0.25, 0.3) is 6.08 Å². The lowest BCUT2D eigenvalue weighted by Gasteiger charge is -2.27. The second kappa shape index (κ2) is 11.3. The van der Waals surface area contributed by atoms with Crippen LogP contribution in [0, 0.1) is 10.5 Å². The lowest BCUT2D eigenvalue weighted by Crippen LogP contribution is -2.54. The third kappa shape index (κ3) is 5.62. The van der Waals surface area contributed by atoms with E-state index in [0.29, 0.717) is 40.4 Å². The molecule has 0 saturated carbocycles. The minimum Gasteiger partial charge on any atom is -0.490 e. The molecule has 36 heavy (non-hydrogen) atoms. The number of halogens is 2. The van der Waals surface area contributed by atoms with Gasteiger partial charge in [0.2, 0.25) is 0 Å². The number of carbonyl (C=O) groups excluding carboxylic acids is 3. The maximum atomic E-state index is 13.3. The van der Waals surface area contributed by atoms with Gasteiger partial charge in [0, 0.05) is 3.57 Å². The predicted octanol–water partition coefficient (Wildman–Crippen LogP) is 6.01. The van der Waals surface area contributed by atoms with E-state index in [4.69, 9.17) is 9.47 Å². The molecule has 1 heterocycles. The normalized spacial score (nSPS) is 14.7. The number of anilines is 1. The molecule has 1 N–H and O–H groups in total. The van der Waals surface area contributed by atoms with Crippen LogP contribution in [-0.4, -0.2) is 24.5 Å². The molecule has 0 atom stereocenters. The van der Waals surface area contributed by atoms with Gasteiger partial charge in [-0.25, -0.2) is 9.69 Å². The number of imide groups is 2. The summed E-state index contributed by atoms with van der Waals surface area (Å²) < 4.78 is 13.6. The first-order valence-corrected chi connectivity index (χ1v) is 13.0. The Kier molecular flexibility index (Phi) is 8.10. The fourth-order valence-corrected chi connectivity index (χ4v) is 4.60. The van der Waals surface area contributed by atoms with Gasteiger partial charge in [-0.15, -0.1) is 0 Å². The zero-order valence-corrected chi connectivity index (χ0v) is 23.3. The van der Waals surface area contributed by atoms with E-state index >= 15 is 0 Å². The molecule has 3 aromatic carbocycles. The highest BCUT2D eigenvalue weighted by atomic mass is 127. The Morgan fingerprint density at radius 2 is 1.75 bits per heavy atom. The molecular weight excluding hydrogens is 639 g/mol. The second-order valence-corrected chi connectivity index (χ2v) is 10.0. The first kappa shape index (κ1) is 25.9. The molecule has 1 fully saturated rings. The number of ether oxygens (including phenoxy) is 2. The highest BCUT2D eigenvalue weighted by molar-refractivity contribution is 14.1. The Morgan fingerprint density at radius 1 is 1.03 bits per heavy atom. The molecule has 184 valence electrons. The molecule has 4 rings (SSSR count). The molecule has 4 amide bonds. The number of para-hydroxylation sites is 1. The molecule has 9 heteroatoms. The number of barbiturate groups is 1. The van der Waals surface area contributed by atoms with Gasteiger partial charge in [-0.05, 0) is 105 Å². The van der Waals surface area contributed by atoms with E-state index in [9.17, 15) is 14.4 Å². The molecule has 0 aromatic heterocycles. The quantitative estimate of drug-likeness (QED) is 0.191. The van der Waals surface area contributed by atoms with E-state index < -0.39 is 17.8 Å². The fraction of sp³-hybridized carbons (Fsp3) is 0.148. The van der Waals surface area contributed by atoms with Crippen LogP contribution in [0.15, 0.2) is 70.7 Å². The Morgan fingerprint density at radius 3 is 2.44 bits per heavy atom. The molecule has 0 spiro atoms. The van der Waals surface area contributed by atoms with Gasteiger partial charge in [0.1, 0.15) is 12.2 Å². The first-order valence-electron chi connectivity index (χ1n) is 11.1. The van der Waals surface area contributed by atoms with Crippen LogP contribution in [0.5, 0.6) is 11.5 Å². The highest BCUT2D eigenvalue weighted by Gasteiger charge is 2.37. The van der Waals surface area contributed by atoms with Gasteiger partial charge in [-0.1, -0.05) is 30.3 Å². The van der Waals surface area contributed by atoms with Crippen molar-refractivity contribution in [2.24, 2.45) is 0 Å². The molecule has 3 aromatic rings. The van der Waals surface area contributed by atoms with Crippen LogP contribution in [0.1, 0.15) is 23.6 Å². The lowest BCUT2D eigenvalue weighted by atomic mass is 10.1. The van der Waals surface area contributed by atoms with Crippen molar-refractivity contribution in [3.63, 3.8) is 0 Å². The largest absolute Gasteiger partial charge is 0.490 e. The van der Waals surface area contributed by atoms with E-state index in [1.165, 1.54) is 6.08 Å². The summed E-state index contributed by atoms with van der Waals surface area (Å²) in [5.74, 6) is -0.498. The first-order chi connectivity index (χ1) is 17.3. The Hall–Kier alpha value is -3.18. The number of rotatable bonds is 7. The van der Waals surface area contributed by atoms with E-state index in [1.54, 1.807) is 37.3 Å². The smallest absolute Gasteiger partial charge is 0.335 e. The summed E-state index contributed by atoms with van der Waals surface area (Å²) in [4.78, 5) is 39.4. The minimum absolute atomic E-state index is 0.167. The average Bonchev–Trinajstić information content (AvgIpc) is 2.83. The SMILES string of the molecule is CCOc1cc(/C=C2\C(=O)NC(=O)N(c3ccccc3C)C2=O)cc(Br)c1OCc1ccc(I)cc1. The number of benzene rings is 3. The standard InChI is InChI=1S/C27H22BrIN2O5/c1-3-35-23-14-18(13-21(28)24(23)36-15-17-8-10-19(29)11-9-17)12-20-25(32)30-27(34)31(26(20)33)22-7-5-4-6-16(22)2/h4-14H,3,15H2,1-2H3,(H,30,32,34)/b20-12+. The second-order valence-electron chi connectivity index (χ2n) is 7.92. The van der Waals surface area contributed by atoms with Gasteiger partial charge in [-0.2, -0.15) is 0 Å². The summed E-state index contributed by atoms with van der Waals surface area (Å²) >= 11 is 5.78. The predicted molar refractivity (Wildman–Crippen MR) is 149 cm³/mol. The Balaban J connectivity index is 1.66. The topological polar surface area (TPSA) is 84.9 Å². The van der Waals surface area contributed by atoms with Crippen LogP contribution in [0.3, 0.4) is 0 Å². The number of nitrogens with zero attached hydrogens (tertiary/aromatic N) is 1. The summed E-state index contributed by atoms with van der Waals surface area (Å²) in [5, 5.41) is 2.25. The monoisotopic (exact) mass is 660 g/mol. The maximum Gasteiger partial charge on any atom is 0.335 e. The molecule has 0 unspecified atom stereocenters. The van der Waals surface area contributed by atoms with Crippen molar-refractivity contribution in [2.75, 3.05) is 11.5 Å². The van der Waals surface area contributed by atoms with E-state index in [0.717, 1.165) is 19.6 Å². The van der Waals surface area contributed by atoms with Crippen molar-refractivity contribution in [1.29, 1.82) is 0 Å². The molecule has 0 aliphatic carbocycles. The van der Waals surface area contributed by atoms with E-state index in [2.05, 4.69) is 43.8 Å². The molecule has 1 aliphatic heterocycles. The van der Waals surface area contributed by atoms with Gasteiger partial charge in [0.15, 0.2) is 11.5 Å². The lowest BCUT2D eigenvalue weighted by molar-refractivity contribution is -0.122. The molecule has 7 nitrogen and oxygen atoms in total.